The topological polar surface area (TPSA) is 705 Å². The zero-order chi connectivity index (χ0) is 97.6. The average molecular weight is 1920 g/mol. The molecule has 9 atom stereocenters. The molecular weight excluding hydrogens is 1820 g/mol. The Labute approximate surface area is 776 Å². The molecule has 3 aliphatic rings. The van der Waals surface area contributed by atoms with Crippen molar-refractivity contribution in [2.75, 3.05) is 78.5 Å². The number of aromatic nitrogens is 12. The molecule has 49 heteroatoms. The number of aliphatic carboxylic acids is 2. The third kappa shape index (κ3) is 24.5. The number of nitrogen functional groups attached to an aromatic ring is 3. The molecule has 8 bridgehead atoms. The number of rotatable bonds is 40. The number of Topliss-reactive ketones (excluding diaryl/α,β-unsaturated/α-hetero) is 2. The van der Waals surface area contributed by atoms with Gasteiger partial charge in [0.1, 0.15) is 53.5 Å². The van der Waals surface area contributed by atoms with Gasteiger partial charge >= 0.3 is 24.0 Å². The minimum absolute atomic E-state index is 0.00288. The predicted octanol–water partition coefficient (Wildman–Crippen LogP) is 4.25. The molecule has 135 heavy (non-hydrogen) atoms. The number of amides is 8. The molecule has 7 aromatic heterocycles. The summed E-state index contributed by atoms with van der Waals surface area (Å²) in [6, 6.07) is 10.9. The second kappa shape index (κ2) is 43.7. The molecule has 2 aromatic carbocycles. The van der Waals surface area contributed by atoms with Crippen molar-refractivity contribution in [2.24, 2.45) is 0 Å². The number of fused-ring (bicyclic) bond motifs is 10. The van der Waals surface area contributed by atoms with E-state index in [1.807, 2.05) is 32.0 Å². The Bertz CT molecular complexity index is 6540. The Morgan fingerprint density at radius 3 is 2.01 bits per heavy atom. The van der Waals surface area contributed by atoms with E-state index < -0.39 is 166 Å². The zero-order valence-electron chi connectivity index (χ0n) is 74.1. The number of hydrazine groups is 1. The number of nitrogens with zero attached hydrogens (tertiary/aromatic N) is 10. The van der Waals surface area contributed by atoms with Crippen molar-refractivity contribution in [3.8, 4) is 0 Å². The van der Waals surface area contributed by atoms with Crippen LogP contribution in [0.25, 0.3) is 44.3 Å². The summed E-state index contributed by atoms with van der Waals surface area (Å²) in [4.78, 5) is 239. The lowest BCUT2D eigenvalue weighted by Gasteiger charge is -2.21. The van der Waals surface area contributed by atoms with Crippen molar-refractivity contribution in [1.82, 2.24) is 103 Å². The number of nitrogens with two attached hydrogens (primary N) is 3. The van der Waals surface area contributed by atoms with Crippen LogP contribution >= 0.6 is 21.6 Å². The Kier molecular flexibility index (Phi) is 32.1. The standard InChI is InChI=1S/C86H99N25O21S3/c1-9-48-38(2)52-31-57-65(42(6)112)40(4)54(97-57)29-53-39(3)49(69(99-53)67-68(83(126)131-8)73(116)66-41(5)55(100-71(66)67)30-56(48)96-52)20-22-62(113)90-24-10-11-50(101-76(117)44-14-18-47(19-15-44)111(7)36-61-93-35-59-70(105-61)74(87)106-84(88)104-59)79(120)109-110-86(127)132-26-27-133-134-37-60(82(124)125)103-78(119)58(32-64(115)91-25-28-135(128,129)130)98-63(114)23-21-51(81(122)123)102-77(118)43-12-16-45(17-13-43)92-33-46-34-94-75-72(95-46)80(121)108-85(89)107-75/h12-19,29-31,34-35,38-39,48-51,58,60,68,92,97,100H,9-11,20-28,32-33,36-37H2,1-8H3,(H,90,113)(H,91,115)(H,98,114)(H,101,117)(H,102,118)(H,103,119)(H,109,120)(H,110,127)(H,122,123)(H,124,125)(H,128,129,130)(H4,87,88,104,106)(H3,89,94,107,108,121)/t38-,39+,48-,49+,50?,51+,58+,60+,68?/m1/s1. The SMILES string of the molecule is CC[C@H]1c2cc3[nH]c4c(c3C)C(=O)C(C(=O)OC)c4c3nc(cc4[nH]c(cc(n2)[C@@H]1C)c(C(C)=O)c4C)[C@@H](C)[C@@H]3CCC(=O)NCCCC(NC(=O)c1ccc(N(C)Cc2ncc3nc(N)nc(N)c3n2)cc1)C(=O)NNC(=O)OCCSSC[C@H](NC(=O)[C@H](CC(=O)NCCS(=O)(=O)O)NC(=O)CC[C@H](NC(=O)c1ccc(NCc2cnc3nc(N)[nH]c(=O)c3n2)cc1)C(=O)O)C(=O)O. The number of aryl methyl sites for hydroxylation is 2. The van der Waals surface area contributed by atoms with Crippen LogP contribution in [0.4, 0.5) is 33.9 Å². The van der Waals surface area contributed by atoms with Gasteiger partial charge in [-0.25, -0.2) is 44.7 Å². The Hall–Kier alpha value is -14.9. The largest absolute Gasteiger partial charge is 0.480 e. The summed E-state index contributed by atoms with van der Waals surface area (Å²) < 4.78 is 42.5. The number of carbonyl (C=O) groups excluding carboxylic acids is 11. The maximum Gasteiger partial charge on any atom is 0.426 e. The molecule has 46 nitrogen and oxygen atoms in total. The van der Waals surface area contributed by atoms with Crippen molar-refractivity contribution in [3.05, 3.63) is 163 Å². The maximum atomic E-state index is 14.7. The Morgan fingerprint density at radius 2 is 1.33 bits per heavy atom. The molecule has 0 radical (unpaired) electrons. The number of anilines is 5. The summed E-state index contributed by atoms with van der Waals surface area (Å²) in [5.41, 5.74) is 30.4. The highest BCUT2D eigenvalue weighted by Crippen LogP contribution is 2.49. The van der Waals surface area contributed by atoms with Gasteiger partial charge in [-0.05, 0) is 131 Å². The van der Waals surface area contributed by atoms with Crippen LogP contribution in [-0.4, -0.2) is 235 Å². The summed E-state index contributed by atoms with van der Waals surface area (Å²) >= 11 is 0. The molecule has 9 heterocycles. The van der Waals surface area contributed by atoms with Gasteiger partial charge in [0.05, 0.1) is 67.2 Å². The number of benzene rings is 2. The molecule has 2 aliphatic heterocycles. The number of methoxy groups -OCH3 is 1. The quantitative estimate of drug-likeness (QED) is 0.00485. The number of H-pyrrole nitrogens is 3. The fraction of sp³-hybridized carbons (Fsp3) is 0.384. The fourth-order valence-corrected chi connectivity index (χ4v) is 18.2. The van der Waals surface area contributed by atoms with Crippen LogP contribution < -0.4 is 75.7 Å². The van der Waals surface area contributed by atoms with E-state index in [-0.39, 0.29) is 115 Å². The molecule has 21 N–H and O–H groups in total. The molecule has 12 rings (SSSR count). The van der Waals surface area contributed by atoms with Gasteiger partial charge in [-0.2, -0.15) is 18.4 Å². The maximum absolute atomic E-state index is 14.7. The third-order valence-corrected chi connectivity index (χ3v) is 26.0. The molecule has 0 spiro atoms. The number of carbonyl (C=O) groups is 13. The van der Waals surface area contributed by atoms with Gasteiger partial charge in [0.25, 0.3) is 33.4 Å². The van der Waals surface area contributed by atoms with Gasteiger partial charge in [0.2, 0.25) is 35.5 Å². The van der Waals surface area contributed by atoms with E-state index in [2.05, 4.69) is 112 Å². The van der Waals surface area contributed by atoms with Crippen LogP contribution in [0.15, 0.2) is 83.9 Å². The van der Waals surface area contributed by atoms with Crippen LogP contribution in [0.1, 0.15) is 201 Å². The molecule has 1 aliphatic carbocycles. The van der Waals surface area contributed by atoms with Crippen LogP contribution in [0.3, 0.4) is 0 Å². The Morgan fingerprint density at radius 1 is 0.659 bits per heavy atom. The second-order valence-corrected chi connectivity index (χ2v) is 36.4. The first kappa shape index (κ1) is 99.1. The average Bonchev–Trinajstić information content (AvgIpc) is 1.56. The van der Waals surface area contributed by atoms with Crippen molar-refractivity contribution in [1.29, 1.82) is 0 Å². The molecule has 712 valence electrons. The van der Waals surface area contributed by atoms with Crippen molar-refractivity contribution >= 4 is 182 Å². The van der Waals surface area contributed by atoms with Gasteiger partial charge in [0.15, 0.2) is 28.5 Å². The first-order chi connectivity index (χ1) is 64.2. The van der Waals surface area contributed by atoms with Crippen LogP contribution in [0, 0.1) is 13.8 Å². The van der Waals surface area contributed by atoms with Crippen LogP contribution in [0.2, 0.25) is 0 Å². The highest BCUT2D eigenvalue weighted by Gasteiger charge is 2.46. The summed E-state index contributed by atoms with van der Waals surface area (Å²) in [5.74, 6) is -14.6. The van der Waals surface area contributed by atoms with E-state index in [1.54, 1.807) is 31.0 Å². The summed E-state index contributed by atoms with van der Waals surface area (Å²) in [5, 5.41) is 37.8. The lowest BCUT2D eigenvalue weighted by molar-refractivity contribution is -0.142. The van der Waals surface area contributed by atoms with Crippen molar-refractivity contribution in [2.45, 2.75) is 160 Å². The summed E-state index contributed by atoms with van der Waals surface area (Å²) in [6.45, 7) is 10.4. The minimum atomic E-state index is -4.59. The van der Waals surface area contributed by atoms with E-state index in [4.69, 9.17) is 36.6 Å². The van der Waals surface area contributed by atoms with E-state index in [1.165, 1.54) is 62.8 Å². The number of carboxylic acids is 2. The smallest absolute Gasteiger partial charge is 0.426 e. The molecular formula is C86H99N25O21S3. The summed E-state index contributed by atoms with van der Waals surface area (Å²) in [6.07, 6.45) is 0.131. The third-order valence-electron chi connectivity index (χ3n) is 22.9. The molecule has 0 saturated heterocycles. The van der Waals surface area contributed by atoms with E-state index >= 15 is 0 Å². The summed E-state index contributed by atoms with van der Waals surface area (Å²) in [7, 11) is 0.188. The normalized spacial score (nSPS) is 15.8. The minimum Gasteiger partial charge on any atom is -0.480 e. The molecule has 2 unspecified atom stereocenters. The number of hydrogen-bond acceptors (Lipinski definition) is 34. The van der Waals surface area contributed by atoms with Gasteiger partial charge < -0.3 is 89.0 Å². The van der Waals surface area contributed by atoms with E-state index in [9.17, 15) is 90.3 Å². The molecule has 8 amide bonds. The van der Waals surface area contributed by atoms with Crippen LogP contribution in [-0.2, 0) is 71.0 Å². The van der Waals surface area contributed by atoms with Gasteiger partial charge in [0, 0.05) is 135 Å². The fourth-order valence-electron chi connectivity index (χ4n) is 15.8. The van der Waals surface area contributed by atoms with Gasteiger partial charge in [-0.15, -0.1) is 0 Å². The number of aromatic amines is 3. The number of hydrogen-bond donors (Lipinski definition) is 18. The van der Waals surface area contributed by atoms with Gasteiger partial charge in [-0.3, -0.25) is 77.7 Å². The monoisotopic (exact) mass is 1910 g/mol. The number of carboxylic acid groups (broad SMARTS) is 2. The van der Waals surface area contributed by atoms with E-state index in [0.29, 0.717) is 95.2 Å². The lowest BCUT2D eigenvalue weighted by atomic mass is 9.84. The van der Waals surface area contributed by atoms with Gasteiger partial charge in [-0.1, -0.05) is 42.4 Å². The predicted molar refractivity (Wildman–Crippen MR) is 495 cm³/mol. The van der Waals surface area contributed by atoms with Crippen LogP contribution in [0.5, 0.6) is 0 Å². The first-order valence-electron chi connectivity index (χ1n) is 42.5. The zero-order valence-corrected chi connectivity index (χ0v) is 76.6. The van der Waals surface area contributed by atoms with Crippen molar-refractivity contribution < 1.29 is 95.0 Å². The van der Waals surface area contributed by atoms with Crippen molar-refractivity contribution in [3.63, 3.8) is 0 Å². The number of ether oxygens (including phenoxy) is 2. The van der Waals surface area contributed by atoms with E-state index in [0.717, 1.165) is 39.4 Å². The lowest BCUT2D eigenvalue weighted by Crippen LogP contribution is -2.54. The Balaban J connectivity index is 0.662. The molecule has 0 saturated carbocycles. The number of nitrogens with one attached hydrogen (secondary N) is 12. The molecule has 0 fully saturated rings. The number of esters is 1. The highest BCUT2D eigenvalue weighted by molar-refractivity contribution is 8.76. The number of ketones is 2. The second-order valence-electron chi connectivity index (χ2n) is 32.2. The molecule has 9 aromatic rings. The first-order valence-corrected chi connectivity index (χ1v) is 46.6. The highest BCUT2D eigenvalue weighted by atomic mass is 33.1.